The molecule has 1 atom stereocenters. The zero-order valence-corrected chi connectivity index (χ0v) is 12.8. The van der Waals surface area contributed by atoms with Crippen LogP contribution in [0, 0.1) is 0 Å². The predicted octanol–water partition coefficient (Wildman–Crippen LogP) is 1.90. The van der Waals surface area contributed by atoms with Crippen molar-refractivity contribution in [2.75, 3.05) is 25.0 Å². The van der Waals surface area contributed by atoms with Crippen LogP contribution in [-0.2, 0) is 4.74 Å². The Balaban J connectivity index is 2.13. The van der Waals surface area contributed by atoms with Gasteiger partial charge in [0.2, 0.25) is 0 Å². The number of hydrogen-bond acceptors (Lipinski definition) is 5. The van der Waals surface area contributed by atoms with E-state index in [0.29, 0.717) is 24.6 Å². The number of halogens is 1. The van der Waals surface area contributed by atoms with Crippen LogP contribution in [0.15, 0.2) is 0 Å². The minimum Gasteiger partial charge on any atom is -0.374 e. The van der Waals surface area contributed by atoms with Crippen LogP contribution in [0.25, 0.3) is 0 Å². The third kappa shape index (κ3) is 2.89. The highest BCUT2D eigenvalue weighted by atomic mass is 79.9. The Morgan fingerprint density at radius 1 is 1.67 bits per heavy atom. The van der Waals surface area contributed by atoms with Gasteiger partial charge in [0.15, 0.2) is 0 Å². The molecule has 1 aromatic heterocycles. The normalized spacial score (nSPS) is 20.4. The maximum absolute atomic E-state index is 12.4. The first-order valence-corrected chi connectivity index (χ1v) is 7.82. The maximum Gasteiger partial charge on any atom is 0.267 e. The van der Waals surface area contributed by atoms with Crippen molar-refractivity contribution in [2.45, 2.75) is 25.9 Å². The van der Waals surface area contributed by atoms with Crippen molar-refractivity contribution in [3.05, 3.63) is 10.6 Å². The molecule has 0 spiro atoms. The summed E-state index contributed by atoms with van der Waals surface area (Å²) in [5.74, 6) is 0.249. The molecule has 2 heterocycles. The van der Waals surface area contributed by atoms with Crippen LogP contribution in [0.5, 0.6) is 0 Å². The Morgan fingerprint density at radius 2 is 2.44 bits per heavy atom. The quantitative estimate of drug-likeness (QED) is 0.793. The number of amides is 1. The molecule has 1 aliphatic rings. The van der Waals surface area contributed by atoms with Crippen molar-refractivity contribution < 1.29 is 9.53 Å². The molecule has 1 saturated heterocycles. The van der Waals surface area contributed by atoms with Crippen LogP contribution in [0.4, 0.5) is 0 Å². The molecule has 1 aliphatic heterocycles. The van der Waals surface area contributed by atoms with Crippen LogP contribution in [0.2, 0.25) is 0 Å². The van der Waals surface area contributed by atoms with Crippen LogP contribution in [0.1, 0.15) is 35.1 Å². The van der Waals surface area contributed by atoms with Crippen LogP contribution >= 0.6 is 27.5 Å². The minimum atomic E-state index is 0.0305. The fraction of sp³-hybridized carbons (Fsp3) is 0.727. The van der Waals surface area contributed by atoms with Crippen LogP contribution < -0.4 is 0 Å². The lowest BCUT2D eigenvalue weighted by molar-refractivity contribution is -0.00952. The maximum atomic E-state index is 12.4. The number of morpholine rings is 1. The zero-order valence-electron chi connectivity index (χ0n) is 10.4. The van der Waals surface area contributed by atoms with E-state index in [9.17, 15) is 4.79 Å². The first kappa shape index (κ1) is 13.9. The second-order valence-corrected chi connectivity index (χ2v) is 5.94. The molecule has 2 rings (SSSR count). The predicted molar refractivity (Wildman–Crippen MR) is 73.4 cm³/mol. The van der Waals surface area contributed by atoms with E-state index in [2.05, 4.69) is 25.5 Å². The minimum absolute atomic E-state index is 0.0305. The summed E-state index contributed by atoms with van der Waals surface area (Å²) in [6.07, 6.45) is 0.0751. The molecule has 1 fully saturated rings. The van der Waals surface area contributed by atoms with E-state index in [4.69, 9.17) is 4.74 Å². The molecule has 0 saturated carbocycles. The average Bonchev–Trinajstić information content (AvgIpc) is 2.87. The molecule has 1 amide bonds. The van der Waals surface area contributed by atoms with E-state index in [1.165, 1.54) is 11.5 Å². The summed E-state index contributed by atoms with van der Waals surface area (Å²) >= 11 is 4.57. The zero-order chi connectivity index (χ0) is 13.1. The van der Waals surface area contributed by atoms with E-state index < -0.39 is 0 Å². The monoisotopic (exact) mass is 333 g/mol. The largest absolute Gasteiger partial charge is 0.374 e. The van der Waals surface area contributed by atoms with Gasteiger partial charge in [-0.2, -0.15) is 0 Å². The van der Waals surface area contributed by atoms with Gasteiger partial charge < -0.3 is 9.64 Å². The number of carbonyl (C=O) groups is 1. The summed E-state index contributed by atoms with van der Waals surface area (Å²) in [6, 6.07) is 0. The number of aromatic nitrogens is 2. The Bertz CT molecular complexity index is 424. The smallest absolute Gasteiger partial charge is 0.267 e. The van der Waals surface area contributed by atoms with Crippen molar-refractivity contribution in [1.82, 2.24) is 14.5 Å². The summed E-state index contributed by atoms with van der Waals surface area (Å²) in [4.78, 5) is 14.9. The highest BCUT2D eigenvalue weighted by Crippen LogP contribution is 2.22. The van der Waals surface area contributed by atoms with Gasteiger partial charge in [0.25, 0.3) is 5.91 Å². The van der Waals surface area contributed by atoms with E-state index >= 15 is 0 Å². The number of nitrogens with zero attached hydrogens (tertiary/aromatic N) is 3. The number of rotatable bonds is 3. The molecule has 0 aromatic carbocycles. The highest BCUT2D eigenvalue weighted by molar-refractivity contribution is 9.09. The summed E-state index contributed by atoms with van der Waals surface area (Å²) in [7, 11) is 0. The van der Waals surface area contributed by atoms with E-state index in [0.717, 1.165) is 11.0 Å². The molecule has 1 unspecified atom stereocenters. The van der Waals surface area contributed by atoms with Crippen LogP contribution in [0.3, 0.4) is 0 Å². The van der Waals surface area contributed by atoms with Crippen molar-refractivity contribution >= 4 is 33.4 Å². The molecule has 7 heteroatoms. The summed E-state index contributed by atoms with van der Waals surface area (Å²) in [5.41, 5.74) is 0.798. The van der Waals surface area contributed by atoms with Gasteiger partial charge in [-0.25, -0.2) is 0 Å². The van der Waals surface area contributed by atoms with E-state index in [-0.39, 0.29) is 17.9 Å². The van der Waals surface area contributed by atoms with Gasteiger partial charge in [-0.15, -0.1) is 5.10 Å². The van der Waals surface area contributed by atoms with E-state index in [1.807, 2.05) is 18.7 Å². The van der Waals surface area contributed by atoms with Crippen molar-refractivity contribution in [3.63, 3.8) is 0 Å². The van der Waals surface area contributed by atoms with Crippen LogP contribution in [-0.4, -0.2) is 51.5 Å². The second-order valence-electron chi connectivity index (χ2n) is 4.54. The molecule has 1 aromatic rings. The van der Waals surface area contributed by atoms with Gasteiger partial charge in [-0.3, -0.25) is 4.79 Å². The second kappa shape index (κ2) is 6.08. The lowest BCUT2D eigenvalue weighted by Crippen LogP contribution is -2.46. The van der Waals surface area contributed by atoms with Gasteiger partial charge in [-0.05, 0) is 17.5 Å². The lowest BCUT2D eigenvalue weighted by atomic mass is 10.1. The Hall–Kier alpha value is -0.530. The molecule has 0 radical (unpaired) electrons. The van der Waals surface area contributed by atoms with Crippen molar-refractivity contribution in [3.8, 4) is 0 Å². The molecule has 18 heavy (non-hydrogen) atoms. The molecule has 0 aliphatic carbocycles. The molecular formula is C11H16BrN3O2S. The topological polar surface area (TPSA) is 55.3 Å². The Morgan fingerprint density at radius 3 is 3.11 bits per heavy atom. The summed E-state index contributed by atoms with van der Waals surface area (Å²) in [6.45, 7) is 5.89. The van der Waals surface area contributed by atoms with Crippen molar-refractivity contribution in [2.24, 2.45) is 0 Å². The fourth-order valence-corrected chi connectivity index (χ4v) is 3.04. The fourth-order valence-electron chi connectivity index (χ4n) is 1.86. The molecule has 0 N–H and O–H groups in total. The van der Waals surface area contributed by atoms with Gasteiger partial charge >= 0.3 is 0 Å². The first-order chi connectivity index (χ1) is 8.63. The Kier molecular flexibility index (Phi) is 4.69. The highest BCUT2D eigenvalue weighted by Gasteiger charge is 2.28. The SMILES string of the molecule is CC(C)c1nnsc1C(=O)N1CCOC(CBr)C1. The number of alkyl halides is 1. The third-order valence-corrected chi connectivity index (χ3v) is 4.30. The van der Waals surface area contributed by atoms with Crippen molar-refractivity contribution in [1.29, 1.82) is 0 Å². The van der Waals surface area contributed by atoms with Gasteiger partial charge in [0.05, 0.1) is 18.4 Å². The number of carbonyl (C=O) groups excluding carboxylic acids is 1. The van der Waals surface area contributed by atoms with E-state index in [1.54, 1.807) is 0 Å². The standard InChI is InChI=1S/C11H16BrN3O2S/c1-7(2)9-10(18-14-13-9)11(16)15-3-4-17-8(5-12)6-15/h7-8H,3-6H2,1-2H3. The molecular weight excluding hydrogens is 318 g/mol. The Labute approximate surface area is 119 Å². The number of hydrogen-bond donors (Lipinski definition) is 0. The summed E-state index contributed by atoms with van der Waals surface area (Å²) in [5, 5.41) is 4.80. The summed E-state index contributed by atoms with van der Waals surface area (Å²) < 4.78 is 9.44. The van der Waals surface area contributed by atoms with Gasteiger partial charge in [0.1, 0.15) is 4.88 Å². The van der Waals surface area contributed by atoms with Gasteiger partial charge in [-0.1, -0.05) is 34.3 Å². The van der Waals surface area contributed by atoms with Gasteiger partial charge in [0, 0.05) is 18.4 Å². The molecule has 0 bridgehead atoms. The third-order valence-electron chi connectivity index (χ3n) is 2.85. The lowest BCUT2D eigenvalue weighted by Gasteiger charge is -2.31. The number of ether oxygens (including phenoxy) is 1. The molecule has 5 nitrogen and oxygen atoms in total. The average molecular weight is 334 g/mol. The first-order valence-electron chi connectivity index (χ1n) is 5.92. The molecule has 100 valence electrons.